The number of carbonyl (C=O) groups is 1. The van der Waals surface area contributed by atoms with Crippen LogP contribution in [0.4, 0.5) is 0 Å². The van der Waals surface area contributed by atoms with E-state index in [-0.39, 0.29) is 28.8 Å². The fourth-order valence-electron chi connectivity index (χ4n) is 3.41. The molecule has 0 aliphatic carbocycles. The largest absolute Gasteiger partial charge is 0.496 e. The first kappa shape index (κ1) is 22.9. The minimum Gasteiger partial charge on any atom is -0.496 e. The maximum atomic E-state index is 12.8. The number of morpholine rings is 1. The average Bonchev–Trinajstić information content (AvgIpc) is 3.21. The Kier molecular flexibility index (Phi) is 8.51. The Morgan fingerprint density at radius 3 is 2.75 bits per heavy atom. The van der Waals surface area contributed by atoms with Crippen molar-refractivity contribution in [3.05, 3.63) is 23.8 Å². The molecule has 2 N–H and O–H groups in total. The van der Waals surface area contributed by atoms with Crippen molar-refractivity contribution in [2.75, 3.05) is 53.0 Å². The molecule has 2 heterocycles. The Labute approximate surface area is 172 Å². The third kappa shape index (κ3) is 5.36. The molecule has 2 fully saturated rings. The van der Waals surface area contributed by atoms with E-state index in [1.165, 1.54) is 29.6 Å². The number of amides is 1. The van der Waals surface area contributed by atoms with Crippen molar-refractivity contribution < 1.29 is 22.7 Å². The monoisotopic (exact) mass is 433 g/mol. The maximum absolute atomic E-state index is 12.8. The summed E-state index contributed by atoms with van der Waals surface area (Å²) in [5.41, 5.74) is 0.233. The predicted octanol–water partition coefficient (Wildman–Crippen LogP) is 0.867. The first-order valence-corrected chi connectivity index (χ1v) is 10.7. The highest BCUT2D eigenvalue weighted by Crippen LogP contribution is 2.25. The van der Waals surface area contributed by atoms with Crippen LogP contribution in [0.2, 0.25) is 0 Å². The van der Waals surface area contributed by atoms with E-state index in [0.717, 1.165) is 25.9 Å². The van der Waals surface area contributed by atoms with Gasteiger partial charge >= 0.3 is 0 Å². The quantitative estimate of drug-likeness (QED) is 0.662. The molecule has 0 bridgehead atoms. The molecular weight excluding hydrogens is 406 g/mol. The number of hydrogen-bond acceptors (Lipinski definition) is 6. The van der Waals surface area contributed by atoms with Crippen LogP contribution in [-0.4, -0.2) is 71.7 Å². The highest BCUT2D eigenvalue weighted by atomic mass is 35.5. The van der Waals surface area contributed by atoms with Crippen molar-refractivity contribution in [2.24, 2.45) is 5.92 Å². The van der Waals surface area contributed by atoms with Crippen molar-refractivity contribution >= 4 is 28.3 Å². The Morgan fingerprint density at radius 1 is 1.36 bits per heavy atom. The van der Waals surface area contributed by atoms with E-state index in [1.54, 1.807) is 0 Å². The van der Waals surface area contributed by atoms with Crippen LogP contribution in [0.1, 0.15) is 23.2 Å². The van der Waals surface area contributed by atoms with Crippen molar-refractivity contribution in [1.29, 1.82) is 0 Å². The van der Waals surface area contributed by atoms with Gasteiger partial charge in [-0.05, 0) is 50.0 Å². The van der Waals surface area contributed by atoms with Gasteiger partial charge in [-0.3, -0.25) is 4.79 Å². The van der Waals surface area contributed by atoms with E-state index >= 15 is 0 Å². The molecule has 0 spiro atoms. The van der Waals surface area contributed by atoms with Crippen LogP contribution in [0.3, 0.4) is 0 Å². The number of benzene rings is 1. The minimum atomic E-state index is -3.67. The second-order valence-electron chi connectivity index (χ2n) is 6.78. The molecule has 10 heteroatoms. The average molecular weight is 434 g/mol. The van der Waals surface area contributed by atoms with Gasteiger partial charge in [-0.25, -0.2) is 8.42 Å². The molecule has 28 heavy (non-hydrogen) atoms. The zero-order valence-electron chi connectivity index (χ0n) is 16.0. The molecule has 0 radical (unpaired) electrons. The fourth-order valence-corrected chi connectivity index (χ4v) is 4.84. The van der Waals surface area contributed by atoms with Gasteiger partial charge in [0, 0.05) is 19.6 Å². The molecule has 2 aliphatic heterocycles. The summed E-state index contributed by atoms with van der Waals surface area (Å²) in [6.45, 7) is 3.92. The second-order valence-corrected chi connectivity index (χ2v) is 8.72. The van der Waals surface area contributed by atoms with Crippen LogP contribution in [0.5, 0.6) is 5.75 Å². The number of hydrogen-bond donors (Lipinski definition) is 2. The van der Waals surface area contributed by atoms with E-state index in [0.29, 0.717) is 44.5 Å². The predicted molar refractivity (Wildman–Crippen MR) is 108 cm³/mol. The van der Waals surface area contributed by atoms with E-state index in [2.05, 4.69) is 10.6 Å². The zero-order chi connectivity index (χ0) is 19.3. The molecule has 2 saturated heterocycles. The smallest absolute Gasteiger partial charge is 0.255 e. The summed E-state index contributed by atoms with van der Waals surface area (Å²) in [4.78, 5) is 12.7. The Balaban J connectivity index is 0.00000280. The van der Waals surface area contributed by atoms with Crippen LogP contribution in [0.25, 0.3) is 0 Å². The number of halogens is 1. The van der Waals surface area contributed by atoms with Gasteiger partial charge in [0.25, 0.3) is 5.91 Å². The van der Waals surface area contributed by atoms with Gasteiger partial charge in [-0.15, -0.1) is 12.4 Å². The highest BCUT2D eigenvalue weighted by molar-refractivity contribution is 7.89. The van der Waals surface area contributed by atoms with Gasteiger partial charge in [-0.2, -0.15) is 4.31 Å². The number of nitrogens with one attached hydrogen (secondary N) is 2. The molecule has 8 nitrogen and oxygen atoms in total. The third-order valence-electron chi connectivity index (χ3n) is 5.02. The van der Waals surface area contributed by atoms with Gasteiger partial charge < -0.3 is 20.1 Å². The van der Waals surface area contributed by atoms with Crippen LogP contribution in [0, 0.1) is 5.92 Å². The van der Waals surface area contributed by atoms with Crippen LogP contribution < -0.4 is 15.4 Å². The second kappa shape index (κ2) is 10.4. The summed E-state index contributed by atoms with van der Waals surface area (Å²) in [5, 5.41) is 6.19. The first-order valence-electron chi connectivity index (χ1n) is 9.27. The molecule has 0 saturated carbocycles. The Bertz CT molecular complexity index is 762. The van der Waals surface area contributed by atoms with E-state index < -0.39 is 10.0 Å². The number of carbonyl (C=O) groups excluding carboxylic acids is 1. The lowest BCUT2D eigenvalue weighted by atomic mass is 10.1. The van der Waals surface area contributed by atoms with E-state index in [1.807, 2.05) is 0 Å². The van der Waals surface area contributed by atoms with Gasteiger partial charge in [0.2, 0.25) is 10.0 Å². The highest BCUT2D eigenvalue weighted by Gasteiger charge is 2.28. The topological polar surface area (TPSA) is 97.0 Å². The zero-order valence-corrected chi connectivity index (χ0v) is 17.6. The molecule has 0 aromatic heterocycles. The van der Waals surface area contributed by atoms with Crippen molar-refractivity contribution in [3.8, 4) is 5.75 Å². The van der Waals surface area contributed by atoms with Gasteiger partial charge in [0.05, 0.1) is 30.8 Å². The molecule has 1 aromatic rings. The van der Waals surface area contributed by atoms with Gasteiger partial charge in [0.1, 0.15) is 5.75 Å². The Hall–Kier alpha value is -1.39. The Morgan fingerprint density at radius 2 is 2.11 bits per heavy atom. The van der Waals surface area contributed by atoms with E-state index in [9.17, 15) is 13.2 Å². The number of sulfonamides is 1. The maximum Gasteiger partial charge on any atom is 0.255 e. The first-order chi connectivity index (χ1) is 13.0. The normalized spacial score (nSPS) is 20.4. The standard InChI is InChI=1S/C18H27N3O5S.ClH/c1-25-17-3-2-15(27(23,24)21-8-10-26-11-9-21)12-16(17)18(22)20-7-5-14-4-6-19-13-14;/h2-3,12,14,19H,4-11,13H2,1H3,(H,20,22);1H. The minimum absolute atomic E-state index is 0. The summed E-state index contributed by atoms with van der Waals surface area (Å²) in [5.74, 6) is 0.605. The lowest BCUT2D eigenvalue weighted by Gasteiger charge is -2.26. The summed E-state index contributed by atoms with van der Waals surface area (Å²) >= 11 is 0. The molecule has 1 unspecified atom stereocenters. The molecule has 2 aliphatic rings. The summed E-state index contributed by atoms with van der Waals surface area (Å²) < 4.78 is 37.5. The molecule has 3 rings (SSSR count). The molecule has 1 atom stereocenters. The lowest BCUT2D eigenvalue weighted by molar-refractivity contribution is 0.0730. The van der Waals surface area contributed by atoms with Crippen molar-refractivity contribution in [1.82, 2.24) is 14.9 Å². The molecule has 1 amide bonds. The molecule has 1 aromatic carbocycles. The van der Waals surface area contributed by atoms with Gasteiger partial charge in [0.15, 0.2) is 0 Å². The van der Waals surface area contributed by atoms with Crippen LogP contribution in [-0.2, 0) is 14.8 Å². The summed E-state index contributed by atoms with van der Waals surface area (Å²) in [7, 11) is -2.20. The number of nitrogens with zero attached hydrogens (tertiary/aromatic N) is 1. The molecule has 158 valence electrons. The number of ether oxygens (including phenoxy) is 2. The number of rotatable bonds is 7. The van der Waals surface area contributed by atoms with Crippen LogP contribution in [0.15, 0.2) is 23.1 Å². The lowest BCUT2D eigenvalue weighted by Crippen LogP contribution is -2.40. The van der Waals surface area contributed by atoms with Crippen molar-refractivity contribution in [3.63, 3.8) is 0 Å². The van der Waals surface area contributed by atoms with E-state index in [4.69, 9.17) is 9.47 Å². The number of methoxy groups -OCH3 is 1. The van der Waals surface area contributed by atoms with Gasteiger partial charge in [-0.1, -0.05) is 0 Å². The summed E-state index contributed by atoms with van der Waals surface area (Å²) in [6.07, 6.45) is 2.01. The van der Waals surface area contributed by atoms with Crippen LogP contribution >= 0.6 is 12.4 Å². The van der Waals surface area contributed by atoms with Crippen molar-refractivity contribution in [2.45, 2.75) is 17.7 Å². The fraction of sp³-hybridized carbons (Fsp3) is 0.611. The molecular formula is C18H28ClN3O5S. The third-order valence-corrected chi connectivity index (χ3v) is 6.92. The SMILES string of the molecule is COc1ccc(S(=O)(=O)N2CCOCC2)cc1C(=O)NCCC1CCNC1.Cl. The summed E-state index contributed by atoms with van der Waals surface area (Å²) in [6, 6.07) is 4.41.